The van der Waals surface area contributed by atoms with Crippen molar-refractivity contribution in [3.05, 3.63) is 11.6 Å². The van der Waals surface area contributed by atoms with Gasteiger partial charge in [0.1, 0.15) is 6.10 Å². The molecule has 2 N–H and O–H groups in total. The van der Waals surface area contributed by atoms with Crippen LogP contribution < -0.4 is 0 Å². The molecule has 0 unspecified atom stereocenters. The third-order valence-electron chi connectivity index (χ3n) is 7.96. The molecule has 0 aromatic heterocycles. The molecule has 4 nitrogen and oxygen atoms in total. The Bertz CT molecular complexity index is 661. The molecule has 4 aliphatic carbocycles. The van der Waals surface area contributed by atoms with Crippen molar-refractivity contribution in [2.24, 2.45) is 28.6 Å². The summed E-state index contributed by atoms with van der Waals surface area (Å²) >= 11 is 0. The van der Waals surface area contributed by atoms with Crippen LogP contribution in [0.5, 0.6) is 0 Å². The molecule has 140 valence electrons. The maximum atomic E-state index is 11.4. The molecule has 0 saturated heterocycles. The third kappa shape index (κ3) is 2.51. The number of hydrogen-bond acceptors (Lipinski definition) is 4. The van der Waals surface area contributed by atoms with Crippen molar-refractivity contribution >= 4 is 5.97 Å². The lowest BCUT2D eigenvalue weighted by Gasteiger charge is -2.58. The Morgan fingerprint density at radius 3 is 2.88 bits per heavy atom. The van der Waals surface area contributed by atoms with E-state index in [0.29, 0.717) is 31.6 Å². The van der Waals surface area contributed by atoms with E-state index in [-0.39, 0.29) is 23.9 Å². The second-order valence-electron chi connectivity index (χ2n) is 8.93. The molecule has 3 fully saturated rings. The summed E-state index contributed by atoms with van der Waals surface area (Å²) in [5, 5.41) is 21.3. The Labute approximate surface area is 153 Å². The molecule has 0 aromatic rings. The van der Waals surface area contributed by atoms with Crippen molar-refractivity contribution in [2.75, 3.05) is 6.58 Å². The zero-order valence-electron chi connectivity index (χ0n) is 17.3. The van der Waals surface area contributed by atoms with E-state index in [2.05, 4.69) is 13.0 Å². The lowest BCUT2D eigenvalue weighted by Crippen LogP contribution is -2.53. The van der Waals surface area contributed by atoms with Gasteiger partial charge in [0, 0.05) is 18.8 Å². The van der Waals surface area contributed by atoms with Gasteiger partial charge in [0.05, 0.1) is 15.4 Å². The van der Waals surface area contributed by atoms with Crippen LogP contribution in [0, 0.1) is 28.6 Å². The highest BCUT2D eigenvalue weighted by Crippen LogP contribution is 2.64. The quantitative estimate of drug-likeness (QED) is 0.593. The predicted octanol–water partition coefficient (Wildman–Crippen LogP) is 3.21. The predicted molar refractivity (Wildman–Crippen MR) is 94.7 cm³/mol. The highest BCUT2D eigenvalue weighted by Gasteiger charge is 2.59. The van der Waals surface area contributed by atoms with Crippen LogP contribution in [0.3, 0.4) is 0 Å². The minimum Gasteiger partial charge on any atom is -0.462 e. The first kappa shape index (κ1) is 15.2. The zero-order chi connectivity index (χ0) is 19.6. The molecule has 4 rings (SSSR count). The number of esters is 1. The highest BCUT2D eigenvalue weighted by atomic mass is 16.5. The average molecular weight is 350 g/mol. The van der Waals surface area contributed by atoms with Crippen LogP contribution in [0.25, 0.3) is 0 Å². The van der Waals surface area contributed by atoms with Gasteiger partial charge in [-0.3, -0.25) is 4.79 Å². The molecule has 0 aliphatic heterocycles. The lowest BCUT2D eigenvalue weighted by molar-refractivity contribution is -0.149. The minimum absolute atomic E-state index is 0.157. The second kappa shape index (κ2) is 6.09. The summed E-state index contributed by atoms with van der Waals surface area (Å²) < 4.78 is 22.2. The molecule has 8 atom stereocenters. The van der Waals surface area contributed by atoms with Crippen LogP contribution in [-0.2, 0) is 9.53 Å². The fourth-order valence-corrected chi connectivity index (χ4v) is 6.70. The fourth-order valence-electron chi connectivity index (χ4n) is 6.70. The van der Waals surface area contributed by atoms with Gasteiger partial charge in [0.25, 0.3) is 0 Å². The molecule has 0 radical (unpaired) electrons. The first-order valence-corrected chi connectivity index (χ1v) is 9.81. The van der Waals surface area contributed by atoms with Crippen molar-refractivity contribution in [3.8, 4) is 0 Å². The van der Waals surface area contributed by atoms with Crippen LogP contribution >= 0.6 is 0 Å². The molecule has 4 heteroatoms. The molecule has 0 aromatic carbocycles. The van der Waals surface area contributed by atoms with E-state index in [4.69, 9.17) is 7.48 Å². The number of aliphatic hydroxyl groups excluding tert-OH is 1. The van der Waals surface area contributed by atoms with Crippen LogP contribution in [0.1, 0.15) is 68.0 Å². The first-order valence-electron chi connectivity index (χ1n) is 10.9. The van der Waals surface area contributed by atoms with E-state index in [0.717, 1.165) is 31.3 Å². The van der Waals surface area contributed by atoms with E-state index in [1.807, 2.05) is 0 Å². The van der Waals surface area contributed by atoms with Crippen molar-refractivity contribution in [1.29, 1.82) is 0 Å². The van der Waals surface area contributed by atoms with E-state index in [9.17, 15) is 15.0 Å². The topological polar surface area (TPSA) is 66.8 Å². The summed E-state index contributed by atoms with van der Waals surface area (Å²) in [7, 11) is 0. The largest absolute Gasteiger partial charge is 0.462 e. The van der Waals surface area contributed by atoms with Gasteiger partial charge in [-0.2, -0.15) is 0 Å². The summed E-state index contributed by atoms with van der Waals surface area (Å²) in [5.41, 5.74) is 0.123. The summed E-state index contributed by atoms with van der Waals surface area (Å²) in [6.45, 7) is 2.31. The molecule has 4 aliphatic rings. The average Bonchev–Trinajstić information content (AvgIpc) is 2.83. The van der Waals surface area contributed by atoms with Gasteiger partial charge in [0.15, 0.2) is 0 Å². The van der Waals surface area contributed by atoms with Crippen molar-refractivity contribution < 1.29 is 22.5 Å². The van der Waals surface area contributed by atoms with Gasteiger partial charge in [-0.25, -0.2) is 0 Å². The van der Waals surface area contributed by atoms with Gasteiger partial charge < -0.3 is 14.9 Å². The van der Waals surface area contributed by atoms with Crippen LogP contribution in [0.15, 0.2) is 11.6 Å². The molecular formula is C21H32O4. The number of fused-ring (bicyclic) bond motifs is 5. The van der Waals surface area contributed by atoms with E-state index < -0.39 is 23.5 Å². The lowest BCUT2D eigenvalue weighted by atomic mass is 9.47. The second-order valence-corrected chi connectivity index (χ2v) is 8.93. The third-order valence-corrected chi connectivity index (χ3v) is 7.96. The summed E-state index contributed by atoms with van der Waals surface area (Å²) in [4.78, 5) is 11.4. The Morgan fingerprint density at radius 1 is 1.36 bits per heavy atom. The number of carbonyl (C=O) groups is 1. The number of aliphatic hydroxyl groups is 2. The SMILES string of the molecule is [2H][C@H](O)[C@]12CC[C@H](OC(C)=O)CC1=CC[C@@H]1[C@@H]2CC[C@@]2(C)[C@H]1CC[C@]2([2H])O. The smallest absolute Gasteiger partial charge is 0.302 e. The van der Waals surface area contributed by atoms with Gasteiger partial charge in [-0.15, -0.1) is 0 Å². The minimum atomic E-state index is -1.37. The summed E-state index contributed by atoms with van der Waals surface area (Å²) in [6.07, 6.45) is 6.46. The zero-order valence-corrected chi connectivity index (χ0v) is 15.3. The van der Waals surface area contributed by atoms with Crippen molar-refractivity contribution in [1.82, 2.24) is 0 Å². The van der Waals surface area contributed by atoms with Crippen molar-refractivity contribution in [2.45, 2.75) is 77.4 Å². The Balaban J connectivity index is 1.67. The molecular weight excluding hydrogens is 316 g/mol. The van der Waals surface area contributed by atoms with E-state index in [1.54, 1.807) is 0 Å². The Kier molecular flexibility index (Phi) is 3.71. The number of carbonyl (C=O) groups excluding carboxylic acids is 1. The van der Waals surface area contributed by atoms with Crippen LogP contribution in [0.4, 0.5) is 0 Å². The number of hydrogen-bond donors (Lipinski definition) is 2. The van der Waals surface area contributed by atoms with Gasteiger partial charge in [0.2, 0.25) is 0 Å². The standard InChI is InChI=1S/C21H32O4/c1-13(23)25-15-7-10-21(12-22)14(11-15)3-4-16-17-5-6-19(24)20(17,2)9-8-18(16)21/h3,15-19,22,24H,4-12H2,1-2H3/t15-,16-,17-,18-,19-,20-,21+/m0/s1/i12D,19D/t12-,15-,16-,17-,18-,19-,20-,21+. The van der Waals surface area contributed by atoms with E-state index >= 15 is 0 Å². The molecule has 0 spiro atoms. The van der Waals surface area contributed by atoms with Crippen LogP contribution in [-0.4, -0.2) is 34.9 Å². The molecule has 25 heavy (non-hydrogen) atoms. The molecule has 0 bridgehead atoms. The molecule has 0 amide bonds. The van der Waals surface area contributed by atoms with Gasteiger partial charge in [-0.1, -0.05) is 18.6 Å². The highest BCUT2D eigenvalue weighted by molar-refractivity contribution is 5.66. The van der Waals surface area contributed by atoms with Gasteiger partial charge in [-0.05, 0) is 68.1 Å². The maximum Gasteiger partial charge on any atom is 0.302 e. The fraction of sp³-hybridized carbons (Fsp3) is 0.857. The number of rotatable bonds is 2. The van der Waals surface area contributed by atoms with Crippen LogP contribution in [0.2, 0.25) is 0 Å². The Hall–Kier alpha value is -0.870. The van der Waals surface area contributed by atoms with Crippen molar-refractivity contribution in [3.63, 3.8) is 0 Å². The normalized spacial score (nSPS) is 54.2. The molecule has 0 heterocycles. The first-order chi connectivity index (χ1) is 12.6. The summed E-state index contributed by atoms with van der Waals surface area (Å²) in [6, 6.07) is 0. The maximum absolute atomic E-state index is 11.4. The summed E-state index contributed by atoms with van der Waals surface area (Å²) in [5.74, 6) is 0.494. The monoisotopic (exact) mass is 350 g/mol. The number of allylic oxidation sites excluding steroid dienone is 1. The van der Waals surface area contributed by atoms with E-state index in [1.165, 1.54) is 6.92 Å². The number of ether oxygens (including phenoxy) is 1. The van der Waals surface area contributed by atoms with Gasteiger partial charge >= 0.3 is 5.97 Å². The Morgan fingerprint density at radius 2 is 2.16 bits per heavy atom. The molecule has 3 saturated carbocycles.